The third kappa shape index (κ3) is 4.46. The van der Waals surface area contributed by atoms with Crippen molar-refractivity contribution in [2.45, 2.75) is 32.2 Å². The molecule has 0 saturated heterocycles. The Kier molecular flexibility index (Phi) is 5.82. The number of pyridine rings is 1. The van der Waals surface area contributed by atoms with Crippen LogP contribution in [-0.4, -0.2) is 33.1 Å². The number of aliphatic carboxylic acids is 1. The van der Waals surface area contributed by atoms with Crippen LogP contribution in [0.2, 0.25) is 0 Å². The SMILES string of the molecule is O=C(NC[C@H]1CC[C@H](C(=O)O)CC1)c1cccc2ccn(Cc3cc4ccccc4cn3)c12. The van der Waals surface area contributed by atoms with E-state index in [1.165, 1.54) is 0 Å². The molecule has 1 aliphatic carbocycles. The van der Waals surface area contributed by atoms with E-state index in [0.29, 0.717) is 37.4 Å². The smallest absolute Gasteiger partial charge is 0.306 e. The zero-order valence-corrected chi connectivity index (χ0v) is 18.4. The minimum atomic E-state index is -0.703. The molecule has 33 heavy (non-hydrogen) atoms. The third-order valence-electron chi connectivity index (χ3n) is 6.80. The molecule has 168 valence electrons. The fourth-order valence-corrected chi connectivity index (χ4v) is 4.91. The van der Waals surface area contributed by atoms with Crippen LogP contribution in [0, 0.1) is 11.8 Å². The number of carbonyl (C=O) groups is 2. The second-order valence-corrected chi connectivity index (χ2v) is 8.98. The zero-order valence-electron chi connectivity index (χ0n) is 18.4. The highest BCUT2D eigenvalue weighted by atomic mass is 16.4. The molecule has 0 unspecified atom stereocenters. The second-order valence-electron chi connectivity index (χ2n) is 8.98. The lowest BCUT2D eigenvalue weighted by Crippen LogP contribution is -2.32. The first kappa shape index (κ1) is 21.2. The molecule has 0 radical (unpaired) electrons. The summed E-state index contributed by atoms with van der Waals surface area (Å²) in [6.07, 6.45) is 6.95. The van der Waals surface area contributed by atoms with E-state index in [4.69, 9.17) is 0 Å². The number of fused-ring (bicyclic) bond motifs is 2. The number of carbonyl (C=O) groups excluding carboxylic acids is 1. The molecule has 0 aliphatic heterocycles. The lowest BCUT2D eigenvalue weighted by atomic mass is 9.82. The highest BCUT2D eigenvalue weighted by Gasteiger charge is 2.26. The van der Waals surface area contributed by atoms with Gasteiger partial charge in [0.15, 0.2) is 0 Å². The molecule has 1 fully saturated rings. The summed E-state index contributed by atoms with van der Waals surface area (Å²) < 4.78 is 2.08. The van der Waals surface area contributed by atoms with E-state index in [1.54, 1.807) is 0 Å². The zero-order chi connectivity index (χ0) is 22.8. The van der Waals surface area contributed by atoms with Crippen LogP contribution in [0.15, 0.2) is 67.0 Å². The average molecular weight is 442 g/mol. The lowest BCUT2D eigenvalue weighted by Gasteiger charge is -2.26. The van der Waals surface area contributed by atoms with Crippen molar-refractivity contribution in [1.82, 2.24) is 14.9 Å². The molecule has 0 spiro atoms. The van der Waals surface area contributed by atoms with Gasteiger partial charge in [-0.3, -0.25) is 14.6 Å². The van der Waals surface area contributed by atoms with Gasteiger partial charge in [-0.1, -0.05) is 36.4 Å². The van der Waals surface area contributed by atoms with Gasteiger partial charge in [0, 0.05) is 29.7 Å². The van der Waals surface area contributed by atoms with E-state index < -0.39 is 5.97 Å². The van der Waals surface area contributed by atoms with Crippen LogP contribution >= 0.6 is 0 Å². The number of carboxylic acids is 1. The lowest BCUT2D eigenvalue weighted by molar-refractivity contribution is -0.143. The molecule has 1 amide bonds. The van der Waals surface area contributed by atoms with Gasteiger partial charge in [0.1, 0.15) is 0 Å². The Morgan fingerprint density at radius 3 is 2.52 bits per heavy atom. The van der Waals surface area contributed by atoms with Crippen molar-refractivity contribution in [3.05, 3.63) is 78.2 Å². The summed E-state index contributed by atoms with van der Waals surface area (Å²) in [4.78, 5) is 28.9. The van der Waals surface area contributed by atoms with Crippen molar-refractivity contribution in [3.8, 4) is 0 Å². The summed E-state index contributed by atoms with van der Waals surface area (Å²) in [5.74, 6) is -0.701. The van der Waals surface area contributed by atoms with Gasteiger partial charge in [0.25, 0.3) is 5.91 Å². The van der Waals surface area contributed by atoms with Crippen LogP contribution in [-0.2, 0) is 11.3 Å². The van der Waals surface area contributed by atoms with E-state index in [1.807, 2.05) is 54.9 Å². The summed E-state index contributed by atoms with van der Waals surface area (Å²) in [7, 11) is 0. The summed E-state index contributed by atoms with van der Waals surface area (Å²) in [5, 5.41) is 15.5. The summed E-state index contributed by atoms with van der Waals surface area (Å²) in [5.41, 5.74) is 2.49. The molecule has 4 aromatic rings. The number of rotatable bonds is 6. The fraction of sp³-hybridized carbons (Fsp3) is 0.296. The van der Waals surface area contributed by atoms with E-state index in [0.717, 1.165) is 40.2 Å². The molecule has 0 atom stereocenters. The highest BCUT2D eigenvalue weighted by molar-refractivity contribution is 6.06. The first-order chi connectivity index (χ1) is 16.1. The van der Waals surface area contributed by atoms with Gasteiger partial charge < -0.3 is 15.0 Å². The largest absolute Gasteiger partial charge is 0.481 e. The summed E-state index contributed by atoms with van der Waals surface area (Å²) in [6, 6.07) is 18.1. The maximum absolute atomic E-state index is 13.1. The Bertz CT molecular complexity index is 1320. The van der Waals surface area contributed by atoms with Crippen molar-refractivity contribution < 1.29 is 14.7 Å². The van der Waals surface area contributed by atoms with Gasteiger partial charge >= 0.3 is 5.97 Å². The van der Waals surface area contributed by atoms with Crippen LogP contribution in [0.5, 0.6) is 0 Å². The van der Waals surface area contributed by atoms with E-state index in [-0.39, 0.29) is 11.8 Å². The number of para-hydroxylation sites is 1. The number of hydrogen-bond acceptors (Lipinski definition) is 3. The number of benzene rings is 2. The first-order valence-electron chi connectivity index (χ1n) is 11.5. The van der Waals surface area contributed by atoms with Crippen LogP contribution in [0.25, 0.3) is 21.7 Å². The monoisotopic (exact) mass is 441 g/mol. The number of nitrogens with zero attached hydrogens (tertiary/aromatic N) is 2. The predicted octanol–water partition coefficient (Wildman–Crippen LogP) is 4.86. The molecule has 1 aliphatic rings. The fourth-order valence-electron chi connectivity index (χ4n) is 4.91. The van der Waals surface area contributed by atoms with Gasteiger partial charge in [-0.25, -0.2) is 0 Å². The normalized spacial score (nSPS) is 18.4. The van der Waals surface area contributed by atoms with Crippen LogP contribution in [0.3, 0.4) is 0 Å². The number of aromatic nitrogens is 2. The molecular formula is C27H27N3O3. The summed E-state index contributed by atoms with van der Waals surface area (Å²) >= 11 is 0. The Hall–Kier alpha value is -3.67. The molecule has 1 saturated carbocycles. The quantitative estimate of drug-likeness (QED) is 0.448. The standard InChI is InChI=1S/C27H27N3O3/c31-26(29-15-18-8-10-20(11-9-18)27(32)33)24-7-3-6-19-12-13-30(25(19)24)17-23-14-21-4-1-2-5-22(21)16-28-23/h1-7,12-14,16,18,20H,8-11,15,17H2,(H,29,31)(H,32,33)/t18-,20-. The molecule has 2 N–H and O–H groups in total. The molecule has 6 heteroatoms. The minimum absolute atomic E-state index is 0.0904. The molecule has 2 aromatic heterocycles. The predicted molar refractivity (Wildman–Crippen MR) is 128 cm³/mol. The van der Waals surface area contributed by atoms with Crippen molar-refractivity contribution in [3.63, 3.8) is 0 Å². The molecule has 5 rings (SSSR count). The van der Waals surface area contributed by atoms with Gasteiger partial charge in [-0.05, 0) is 55.2 Å². The summed E-state index contributed by atoms with van der Waals surface area (Å²) in [6.45, 7) is 1.16. The van der Waals surface area contributed by atoms with Gasteiger partial charge in [0.2, 0.25) is 0 Å². The molecular weight excluding hydrogens is 414 g/mol. The Balaban J connectivity index is 1.33. The maximum Gasteiger partial charge on any atom is 0.306 e. The first-order valence-corrected chi connectivity index (χ1v) is 11.5. The van der Waals surface area contributed by atoms with Crippen molar-refractivity contribution >= 4 is 33.6 Å². The maximum atomic E-state index is 13.1. The molecule has 0 bridgehead atoms. The van der Waals surface area contributed by atoms with Gasteiger partial charge in [-0.15, -0.1) is 0 Å². The van der Waals surface area contributed by atoms with Gasteiger partial charge in [0.05, 0.1) is 29.2 Å². The number of amides is 1. The third-order valence-corrected chi connectivity index (χ3v) is 6.80. The molecule has 2 heterocycles. The Morgan fingerprint density at radius 2 is 1.73 bits per heavy atom. The molecule has 2 aromatic carbocycles. The van der Waals surface area contributed by atoms with Crippen molar-refractivity contribution in [2.75, 3.05) is 6.54 Å². The number of nitrogens with one attached hydrogen (secondary N) is 1. The average Bonchev–Trinajstić information content (AvgIpc) is 3.25. The van der Waals surface area contributed by atoms with E-state index >= 15 is 0 Å². The number of hydrogen-bond donors (Lipinski definition) is 2. The minimum Gasteiger partial charge on any atom is -0.481 e. The van der Waals surface area contributed by atoms with Crippen molar-refractivity contribution in [2.24, 2.45) is 11.8 Å². The van der Waals surface area contributed by atoms with Crippen LogP contribution < -0.4 is 5.32 Å². The van der Waals surface area contributed by atoms with Crippen LogP contribution in [0.1, 0.15) is 41.7 Å². The van der Waals surface area contributed by atoms with Crippen LogP contribution in [0.4, 0.5) is 0 Å². The van der Waals surface area contributed by atoms with Crippen molar-refractivity contribution in [1.29, 1.82) is 0 Å². The van der Waals surface area contributed by atoms with Gasteiger partial charge in [-0.2, -0.15) is 0 Å². The molecule has 6 nitrogen and oxygen atoms in total. The highest BCUT2D eigenvalue weighted by Crippen LogP contribution is 2.29. The Morgan fingerprint density at radius 1 is 0.970 bits per heavy atom. The van der Waals surface area contributed by atoms with E-state index in [2.05, 4.69) is 27.0 Å². The topological polar surface area (TPSA) is 84.2 Å². The Labute approximate surface area is 192 Å². The van der Waals surface area contributed by atoms with E-state index in [9.17, 15) is 14.7 Å². The second kappa shape index (κ2) is 9.06. The number of carboxylic acid groups (broad SMARTS) is 1.